The zero-order chi connectivity index (χ0) is 34.9. The van der Waals surface area contributed by atoms with Crippen molar-refractivity contribution in [3.05, 3.63) is 125 Å². The molecule has 4 rings (SSSR count). The highest BCUT2D eigenvalue weighted by molar-refractivity contribution is 6.09. The lowest BCUT2D eigenvalue weighted by Crippen LogP contribution is -2.50. The predicted molar refractivity (Wildman–Crippen MR) is 172 cm³/mol. The number of hydrogen-bond donors (Lipinski definition) is 1. The first-order valence-electron chi connectivity index (χ1n) is 15.1. The zero-order valence-electron chi connectivity index (χ0n) is 26.6. The van der Waals surface area contributed by atoms with Gasteiger partial charge in [0.05, 0.1) is 25.2 Å². The normalized spacial score (nSPS) is 11.4. The second-order valence-electron chi connectivity index (χ2n) is 10.8. The first-order valence-corrected chi connectivity index (χ1v) is 15.1. The zero-order valence-corrected chi connectivity index (χ0v) is 26.6. The third kappa shape index (κ3) is 8.09. The van der Waals surface area contributed by atoms with Gasteiger partial charge in [0.1, 0.15) is 6.61 Å². The molecule has 8 nitrogen and oxygen atoms in total. The van der Waals surface area contributed by atoms with Crippen molar-refractivity contribution in [1.82, 2.24) is 0 Å². The first-order chi connectivity index (χ1) is 22.9. The van der Waals surface area contributed by atoms with E-state index in [0.717, 1.165) is 12.1 Å². The van der Waals surface area contributed by atoms with Crippen LogP contribution in [0.15, 0.2) is 97.1 Å². The molecule has 0 radical (unpaired) electrons. The third-order valence-corrected chi connectivity index (χ3v) is 7.53. The average Bonchev–Trinajstić information content (AvgIpc) is 3.06. The van der Waals surface area contributed by atoms with Crippen LogP contribution in [0.2, 0.25) is 0 Å². The molecule has 0 unspecified atom stereocenters. The van der Waals surface area contributed by atoms with Crippen LogP contribution in [0.3, 0.4) is 0 Å². The fourth-order valence-electron chi connectivity index (χ4n) is 5.10. The summed E-state index contributed by atoms with van der Waals surface area (Å²) in [6.45, 7) is 4.12. The van der Waals surface area contributed by atoms with Gasteiger partial charge in [-0.15, -0.1) is 0 Å². The number of esters is 3. The Morgan fingerprint density at radius 1 is 0.708 bits per heavy atom. The van der Waals surface area contributed by atoms with Crippen LogP contribution in [0.25, 0.3) is 11.1 Å². The van der Waals surface area contributed by atoms with Gasteiger partial charge in [0, 0.05) is 11.3 Å². The second-order valence-corrected chi connectivity index (χ2v) is 10.8. The Bertz CT molecular complexity index is 1760. The molecule has 4 aromatic carbocycles. The van der Waals surface area contributed by atoms with E-state index in [4.69, 9.17) is 14.2 Å². The van der Waals surface area contributed by atoms with Crippen molar-refractivity contribution < 1.29 is 46.6 Å². The van der Waals surface area contributed by atoms with Gasteiger partial charge in [0.15, 0.2) is 0 Å². The lowest BCUT2D eigenvalue weighted by molar-refractivity contribution is -0.170. The van der Waals surface area contributed by atoms with Crippen LogP contribution < -0.4 is 5.32 Å². The number of carbonyl (C=O) groups is 4. The molecule has 0 bridgehead atoms. The van der Waals surface area contributed by atoms with E-state index >= 15 is 0 Å². The van der Waals surface area contributed by atoms with Gasteiger partial charge in [0.25, 0.3) is 5.91 Å². The number of halogens is 3. The van der Waals surface area contributed by atoms with E-state index < -0.39 is 47.6 Å². The van der Waals surface area contributed by atoms with Crippen molar-refractivity contribution in [1.29, 1.82) is 0 Å². The lowest BCUT2D eigenvalue weighted by Gasteiger charge is -2.29. The number of alkyl halides is 3. The van der Waals surface area contributed by atoms with Crippen LogP contribution in [0.5, 0.6) is 0 Å². The molecule has 1 amide bonds. The summed E-state index contributed by atoms with van der Waals surface area (Å²) in [7, 11) is 0. The minimum absolute atomic E-state index is 0.0235. The number of carbonyl (C=O) groups excluding carboxylic acids is 4. The first kappa shape index (κ1) is 35.4. The summed E-state index contributed by atoms with van der Waals surface area (Å²) in [5, 5.41) is 2.68. The minimum Gasteiger partial charge on any atom is -0.465 e. The van der Waals surface area contributed by atoms with Crippen LogP contribution in [-0.2, 0) is 46.6 Å². The fraction of sp³-hybridized carbons (Fsp3) is 0.243. The Morgan fingerprint density at radius 3 is 1.88 bits per heavy atom. The summed E-state index contributed by atoms with van der Waals surface area (Å²) in [5.74, 6) is -3.34. The van der Waals surface area contributed by atoms with Crippen LogP contribution >= 0.6 is 0 Å². The van der Waals surface area contributed by atoms with Crippen molar-refractivity contribution >= 4 is 29.5 Å². The number of rotatable bonds is 12. The molecule has 4 aromatic rings. The van der Waals surface area contributed by atoms with Crippen LogP contribution in [-0.4, -0.2) is 43.6 Å². The van der Waals surface area contributed by atoms with E-state index in [-0.39, 0.29) is 30.8 Å². The Morgan fingerprint density at radius 2 is 1.31 bits per heavy atom. The van der Waals surface area contributed by atoms with Gasteiger partial charge in [-0.05, 0) is 66.8 Å². The lowest BCUT2D eigenvalue weighted by atomic mass is 9.81. The van der Waals surface area contributed by atoms with E-state index in [1.54, 1.807) is 93.6 Å². The topological polar surface area (TPSA) is 108 Å². The molecular formula is C37H34F3NO7. The molecule has 48 heavy (non-hydrogen) atoms. The monoisotopic (exact) mass is 661 g/mol. The molecule has 0 aromatic heterocycles. The number of aryl methyl sites for hydroxylation is 1. The average molecular weight is 662 g/mol. The molecule has 1 N–H and O–H groups in total. The maximum atomic E-state index is 13.5. The summed E-state index contributed by atoms with van der Waals surface area (Å²) in [6.07, 6.45) is -4.90. The Kier molecular flexibility index (Phi) is 11.4. The van der Waals surface area contributed by atoms with Gasteiger partial charge in [-0.3, -0.25) is 19.2 Å². The highest BCUT2D eigenvalue weighted by atomic mass is 19.4. The molecule has 0 aliphatic rings. The molecule has 0 fully saturated rings. The summed E-state index contributed by atoms with van der Waals surface area (Å²) >= 11 is 0. The molecule has 11 heteroatoms. The Balaban J connectivity index is 1.53. The van der Waals surface area contributed by atoms with E-state index in [1.165, 1.54) is 12.1 Å². The molecule has 0 spiro atoms. The van der Waals surface area contributed by atoms with Gasteiger partial charge in [-0.25, -0.2) is 0 Å². The number of ether oxygens (including phenoxy) is 3. The number of nitrogens with one attached hydrogen (secondary N) is 1. The highest BCUT2D eigenvalue weighted by Gasteiger charge is 2.52. The van der Waals surface area contributed by atoms with E-state index in [1.807, 2.05) is 0 Å². The molecular weight excluding hydrogens is 627 g/mol. The molecule has 0 atom stereocenters. The molecule has 0 saturated heterocycles. The molecule has 0 aliphatic heterocycles. The van der Waals surface area contributed by atoms with Gasteiger partial charge in [-0.1, -0.05) is 78.9 Å². The van der Waals surface area contributed by atoms with Crippen molar-refractivity contribution in [2.75, 3.05) is 25.1 Å². The summed E-state index contributed by atoms with van der Waals surface area (Å²) in [6, 6.07) is 24.3. The van der Waals surface area contributed by atoms with E-state index in [2.05, 4.69) is 5.32 Å². The number of anilines is 1. The smallest absolute Gasteiger partial charge is 0.416 e. The fourth-order valence-corrected chi connectivity index (χ4v) is 5.10. The summed E-state index contributed by atoms with van der Waals surface area (Å²) in [4.78, 5) is 52.8. The van der Waals surface area contributed by atoms with Crippen molar-refractivity contribution in [2.45, 2.75) is 38.8 Å². The van der Waals surface area contributed by atoms with Crippen molar-refractivity contribution in [3.63, 3.8) is 0 Å². The molecule has 0 aliphatic carbocycles. The predicted octanol–water partition coefficient (Wildman–Crippen LogP) is 7.08. The van der Waals surface area contributed by atoms with Gasteiger partial charge < -0.3 is 19.5 Å². The maximum Gasteiger partial charge on any atom is 0.416 e. The standard InChI is InChI=1S/C37H34F3NO7/c1-4-46-34(44)36(35(45)47-5-2,27-14-10-7-11-15-27)23-48-32(42)21-25-16-19-31(24(3)20-25)41-33(43)30-22-28(37(38,39)40)17-18-29(30)26-12-8-6-9-13-26/h6-20,22H,4-5,21,23H2,1-3H3,(H,41,43). The van der Waals surface area contributed by atoms with Gasteiger partial charge >= 0.3 is 24.1 Å². The molecule has 0 saturated carbocycles. The highest BCUT2D eigenvalue weighted by Crippen LogP contribution is 2.34. The second kappa shape index (κ2) is 15.4. The third-order valence-electron chi connectivity index (χ3n) is 7.53. The van der Waals surface area contributed by atoms with Crippen LogP contribution in [0.4, 0.5) is 18.9 Å². The number of benzene rings is 4. The molecule has 250 valence electrons. The van der Waals surface area contributed by atoms with Crippen molar-refractivity contribution in [3.8, 4) is 11.1 Å². The van der Waals surface area contributed by atoms with Crippen LogP contribution in [0.1, 0.15) is 46.5 Å². The summed E-state index contributed by atoms with van der Waals surface area (Å²) < 4.78 is 56.5. The van der Waals surface area contributed by atoms with Gasteiger partial charge in [-0.2, -0.15) is 13.2 Å². The maximum absolute atomic E-state index is 13.5. The van der Waals surface area contributed by atoms with Crippen LogP contribution in [0, 0.1) is 6.92 Å². The van der Waals surface area contributed by atoms with E-state index in [0.29, 0.717) is 27.9 Å². The summed E-state index contributed by atoms with van der Waals surface area (Å²) in [5.41, 5.74) is -0.693. The number of amides is 1. The molecule has 0 heterocycles. The van der Waals surface area contributed by atoms with Gasteiger partial charge in [0.2, 0.25) is 5.41 Å². The largest absolute Gasteiger partial charge is 0.465 e. The number of hydrogen-bond acceptors (Lipinski definition) is 7. The minimum atomic E-state index is -4.65. The Labute approximate surface area is 275 Å². The van der Waals surface area contributed by atoms with E-state index in [9.17, 15) is 32.3 Å². The Hall–Kier alpha value is -5.45. The SMILES string of the molecule is CCOC(=O)C(COC(=O)Cc1ccc(NC(=O)c2cc(C(F)(F)F)ccc2-c2ccccc2)c(C)c1)(C(=O)OCC)c1ccccc1. The van der Waals surface area contributed by atoms with Crippen molar-refractivity contribution in [2.24, 2.45) is 0 Å². The quantitative estimate of drug-likeness (QED) is 0.0982.